The van der Waals surface area contributed by atoms with Crippen LogP contribution in [0.15, 0.2) is 4.52 Å². The molecule has 0 aromatic carbocycles. The molecule has 1 aromatic heterocycles. The smallest absolute Gasteiger partial charge is 0.246 e. The van der Waals surface area contributed by atoms with E-state index >= 15 is 0 Å². The standard InChI is InChI=1S/C11H19N3O2S2/c1-3-7-9(18-5-4-17-7)10-13-11(16-14-10)8(12)6(2)15/h6-9,15H,3-5,12H2,1-2H3. The van der Waals surface area contributed by atoms with Gasteiger partial charge in [0.25, 0.3) is 0 Å². The van der Waals surface area contributed by atoms with Gasteiger partial charge < -0.3 is 15.4 Å². The Labute approximate surface area is 115 Å². The number of aliphatic hydroxyl groups is 1. The first-order chi connectivity index (χ1) is 8.63. The number of aliphatic hydroxyl groups excluding tert-OH is 1. The molecule has 0 spiro atoms. The first-order valence-corrected chi connectivity index (χ1v) is 8.23. The Balaban J connectivity index is 2.13. The van der Waals surface area contributed by atoms with Gasteiger partial charge >= 0.3 is 0 Å². The predicted octanol–water partition coefficient (Wildman–Crippen LogP) is 1.75. The third kappa shape index (κ3) is 3.01. The van der Waals surface area contributed by atoms with Gasteiger partial charge in [-0.1, -0.05) is 12.1 Å². The minimum absolute atomic E-state index is 0.271. The number of thioether (sulfide) groups is 2. The maximum atomic E-state index is 9.43. The maximum Gasteiger partial charge on any atom is 0.246 e. The average molecular weight is 289 g/mol. The Hall–Kier alpha value is -0.240. The molecule has 7 heteroatoms. The summed E-state index contributed by atoms with van der Waals surface area (Å²) in [6.07, 6.45) is 0.405. The van der Waals surface area contributed by atoms with Crippen molar-refractivity contribution in [2.45, 2.75) is 42.9 Å². The van der Waals surface area contributed by atoms with E-state index in [1.807, 2.05) is 23.5 Å². The van der Waals surface area contributed by atoms with Crippen LogP contribution < -0.4 is 5.73 Å². The first kappa shape index (κ1) is 14.2. The summed E-state index contributed by atoms with van der Waals surface area (Å²) >= 11 is 3.84. The summed E-state index contributed by atoms with van der Waals surface area (Å²) in [7, 11) is 0. The molecule has 0 aliphatic carbocycles. The van der Waals surface area contributed by atoms with Gasteiger partial charge in [-0.3, -0.25) is 0 Å². The van der Waals surface area contributed by atoms with Gasteiger partial charge in [-0.15, -0.1) is 11.8 Å². The molecule has 2 rings (SSSR count). The number of hydrogen-bond donors (Lipinski definition) is 2. The van der Waals surface area contributed by atoms with Crippen LogP contribution in [0.25, 0.3) is 0 Å². The molecular weight excluding hydrogens is 270 g/mol. The van der Waals surface area contributed by atoms with Crippen LogP contribution in [0.1, 0.15) is 43.3 Å². The summed E-state index contributed by atoms with van der Waals surface area (Å²) < 4.78 is 5.17. The second-order valence-corrected chi connectivity index (χ2v) is 6.96. The fourth-order valence-corrected chi connectivity index (χ4v) is 4.83. The molecule has 1 fully saturated rings. The normalized spacial score (nSPS) is 28.0. The van der Waals surface area contributed by atoms with Gasteiger partial charge in [-0.2, -0.15) is 16.7 Å². The van der Waals surface area contributed by atoms with Crippen LogP contribution in [0.4, 0.5) is 0 Å². The van der Waals surface area contributed by atoms with E-state index in [4.69, 9.17) is 10.3 Å². The Morgan fingerprint density at radius 1 is 1.50 bits per heavy atom. The molecule has 18 heavy (non-hydrogen) atoms. The van der Waals surface area contributed by atoms with Gasteiger partial charge in [-0.05, 0) is 13.3 Å². The zero-order valence-corrected chi connectivity index (χ0v) is 12.2. The van der Waals surface area contributed by atoms with E-state index in [9.17, 15) is 5.11 Å². The highest BCUT2D eigenvalue weighted by Gasteiger charge is 2.31. The van der Waals surface area contributed by atoms with Gasteiger partial charge in [0.2, 0.25) is 5.89 Å². The fraction of sp³-hybridized carbons (Fsp3) is 0.818. The predicted molar refractivity (Wildman–Crippen MR) is 74.6 cm³/mol. The molecule has 5 nitrogen and oxygen atoms in total. The van der Waals surface area contributed by atoms with Crippen molar-refractivity contribution in [3.63, 3.8) is 0 Å². The molecule has 4 atom stereocenters. The minimum atomic E-state index is -0.686. The lowest BCUT2D eigenvalue weighted by atomic mass is 10.2. The van der Waals surface area contributed by atoms with Crippen molar-refractivity contribution in [2.24, 2.45) is 5.73 Å². The molecule has 4 unspecified atom stereocenters. The van der Waals surface area contributed by atoms with E-state index < -0.39 is 12.1 Å². The maximum absolute atomic E-state index is 9.43. The summed E-state index contributed by atoms with van der Waals surface area (Å²) in [6.45, 7) is 3.80. The van der Waals surface area contributed by atoms with E-state index in [0.717, 1.165) is 12.2 Å². The highest BCUT2D eigenvalue weighted by atomic mass is 32.2. The quantitative estimate of drug-likeness (QED) is 0.873. The molecule has 0 radical (unpaired) electrons. The van der Waals surface area contributed by atoms with Crippen molar-refractivity contribution in [1.29, 1.82) is 0 Å². The van der Waals surface area contributed by atoms with Gasteiger partial charge in [0.1, 0.15) is 6.04 Å². The van der Waals surface area contributed by atoms with Gasteiger partial charge in [0.15, 0.2) is 5.82 Å². The highest BCUT2D eigenvalue weighted by molar-refractivity contribution is 8.06. The van der Waals surface area contributed by atoms with Gasteiger partial charge in [0, 0.05) is 16.8 Å². The van der Waals surface area contributed by atoms with Crippen LogP contribution in [0.2, 0.25) is 0 Å². The van der Waals surface area contributed by atoms with Crippen LogP contribution >= 0.6 is 23.5 Å². The topological polar surface area (TPSA) is 85.2 Å². The molecule has 1 aliphatic heterocycles. The molecule has 0 saturated carbocycles. The van der Waals surface area contributed by atoms with Gasteiger partial charge in [0.05, 0.1) is 11.4 Å². The van der Waals surface area contributed by atoms with Crippen molar-refractivity contribution in [3.8, 4) is 0 Å². The monoisotopic (exact) mass is 289 g/mol. The number of rotatable bonds is 4. The largest absolute Gasteiger partial charge is 0.391 e. The van der Waals surface area contributed by atoms with E-state index in [-0.39, 0.29) is 5.25 Å². The third-order valence-corrected chi connectivity index (χ3v) is 6.21. The molecule has 102 valence electrons. The van der Waals surface area contributed by atoms with E-state index in [1.54, 1.807) is 6.92 Å². The first-order valence-electron chi connectivity index (χ1n) is 6.13. The third-order valence-electron chi connectivity index (χ3n) is 2.97. The van der Waals surface area contributed by atoms with Gasteiger partial charge in [-0.25, -0.2) is 0 Å². The molecule has 1 aliphatic rings. The molecule has 2 heterocycles. The second-order valence-electron chi connectivity index (χ2n) is 4.37. The number of nitrogens with two attached hydrogens (primary N) is 1. The fourth-order valence-electron chi connectivity index (χ4n) is 1.85. The zero-order valence-electron chi connectivity index (χ0n) is 10.6. The molecular formula is C11H19N3O2S2. The Bertz CT molecular complexity index is 386. The molecule has 0 bridgehead atoms. The van der Waals surface area contributed by atoms with Crippen molar-refractivity contribution in [1.82, 2.24) is 10.1 Å². The Morgan fingerprint density at radius 3 is 2.89 bits per heavy atom. The summed E-state index contributed by atoms with van der Waals surface area (Å²) in [4.78, 5) is 4.36. The lowest BCUT2D eigenvalue weighted by Gasteiger charge is -2.27. The lowest BCUT2D eigenvalue weighted by Crippen LogP contribution is -2.24. The van der Waals surface area contributed by atoms with Crippen LogP contribution in [0, 0.1) is 0 Å². The summed E-state index contributed by atoms with van der Waals surface area (Å²) in [6, 6.07) is -0.604. The van der Waals surface area contributed by atoms with Crippen LogP contribution in [-0.2, 0) is 0 Å². The van der Waals surface area contributed by atoms with Crippen molar-refractivity contribution in [3.05, 3.63) is 11.7 Å². The number of nitrogens with zero attached hydrogens (tertiary/aromatic N) is 2. The highest BCUT2D eigenvalue weighted by Crippen LogP contribution is 2.43. The molecule has 3 N–H and O–H groups in total. The average Bonchev–Trinajstić information content (AvgIpc) is 2.87. The lowest BCUT2D eigenvalue weighted by molar-refractivity contribution is 0.146. The Morgan fingerprint density at radius 2 is 2.22 bits per heavy atom. The minimum Gasteiger partial charge on any atom is -0.391 e. The van der Waals surface area contributed by atoms with Crippen molar-refractivity contribution < 1.29 is 9.63 Å². The molecule has 1 saturated heterocycles. The molecule has 1 aromatic rings. The van der Waals surface area contributed by atoms with Crippen LogP contribution in [0.5, 0.6) is 0 Å². The van der Waals surface area contributed by atoms with Crippen molar-refractivity contribution >= 4 is 23.5 Å². The van der Waals surface area contributed by atoms with Crippen molar-refractivity contribution in [2.75, 3.05) is 11.5 Å². The second kappa shape index (κ2) is 6.27. The van der Waals surface area contributed by atoms with Crippen LogP contribution in [0.3, 0.4) is 0 Å². The summed E-state index contributed by atoms with van der Waals surface area (Å²) in [5, 5.41) is 14.3. The SMILES string of the molecule is CCC1SCCSC1c1noc(C(N)C(C)O)n1. The molecule has 0 amide bonds. The number of hydrogen-bond acceptors (Lipinski definition) is 7. The summed E-state index contributed by atoms with van der Waals surface area (Å²) in [5.74, 6) is 3.33. The van der Waals surface area contributed by atoms with Crippen LogP contribution in [-0.4, -0.2) is 38.1 Å². The Kier molecular flexibility index (Phi) is 4.94. The number of aromatic nitrogens is 2. The van der Waals surface area contributed by atoms with E-state index in [1.165, 1.54) is 5.75 Å². The zero-order chi connectivity index (χ0) is 13.1. The summed E-state index contributed by atoms with van der Waals surface area (Å²) in [5.41, 5.74) is 5.79. The van der Waals surface area contributed by atoms with E-state index in [2.05, 4.69) is 17.1 Å². The van der Waals surface area contributed by atoms with E-state index in [0.29, 0.717) is 17.0 Å².